The van der Waals surface area contributed by atoms with E-state index in [-0.39, 0.29) is 29.0 Å². The van der Waals surface area contributed by atoms with Crippen LogP contribution in [0.15, 0.2) is 67.0 Å². The van der Waals surface area contributed by atoms with Crippen LogP contribution in [-0.2, 0) is 0 Å². The predicted octanol–water partition coefficient (Wildman–Crippen LogP) is 3.07. The largest absolute Gasteiger partial charge is 0.507 e. The maximum absolute atomic E-state index is 10.2. The Morgan fingerprint density at radius 1 is 0.500 bits per heavy atom. The molecule has 0 aliphatic carbocycles. The summed E-state index contributed by atoms with van der Waals surface area (Å²) in [7, 11) is 0. The summed E-state index contributed by atoms with van der Waals surface area (Å²) in [6.45, 7) is 0. The summed E-state index contributed by atoms with van der Waals surface area (Å²) in [6.07, 6.45) is 3.18. The third-order valence-electron chi connectivity index (χ3n) is 3.69. The van der Waals surface area contributed by atoms with Crippen molar-refractivity contribution in [3.63, 3.8) is 0 Å². The molecule has 2 aromatic heterocycles. The molecule has 0 bridgehead atoms. The van der Waals surface area contributed by atoms with Crippen LogP contribution in [0, 0.1) is 0 Å². The van der Waals surface area contributed by atoms with Crippen LogP contribution in [0.3, 0.4) is 0 Å². The van der Waals surface area contributed by atoms with Crippen molar-refractivity contribution in [2.24, 2.45) is 0 Å². The predicted molar refractivity (Wildman–Crippen MR) is 95.1 cm³/mol. The summed E-state index contributed by atoms with van der Waals surface area (Å²) in [6, 6.07) is 15.2. The quantitative estimate of drug-likeness (QED) is 0.589. The fourth-order valence-electron chi connectivity index (χ4n) is 2.46. The van der Waals surface area contributed by atoms with E-state index in [1.54, 1.807) is 67.0 Å². The number of hydrogen-bond acceptors (Lipinski definition) is 7. The monoisotopic (exact) mass is 343 g/mol. The van der Waals surface area contributed by atoms with Crippen molar-refractivity contribution in [1.82, 2.24) is 24.9 Å². The second kappa shape index (κ2) is 6.56. The lowest BCUT2D eigenvalue weighted by Crippen LogP contribution is -2.02. The van der Waals surface area contributed by atoms with E-state index in [1.165, 1.54) is 0 Å². The maximum Gasteiger partial charge on any atom is 0.201 e. The molecule has 0 radical (unpaired) electrons. The van der Waals surface area contributed by atoms with E-state index in [9.17, 15) is 10.2 Å². The van der Waals surface area contributed by atoms with Gasteiger partial charge in [0, 0.05) is 12.4 Å². The van der Waals surface area contributed by atoms with Crippen molar-refractivity contribution in [2.45, 2.75) is 0 Å². The van der Waals surface area contributed by atoms with Gasteiger partial charge >= 0.3 is 0 Å². The molecule has 2 aromatic carbocycles. The molecule has 0 fully saturated rings. The van der Waals surface area contributed by atoms with Gasteiger partial charge in [-0.3, -0.25) is 0 Å². The molecule has 2 N–H and O–H groups in total. The number of rotatable bonds is 3. The fourth-order valence-corrected chi connectivity index (χ4v) is 2.46. The van der Waals surface area contributed by atoms with Crippen molar-refractivity contribution in [3.05, 3.63) is 67.0 Å². The second-order valence-electron chi connectivity index (χ2n) is 5.41. The van der Waals surface area contributed by atoms with Crippen LogP contribution in [0.2, 0.25) is 0 Å². The highest BCUT2D eigenvalue weighted by Gasteiger charge is 2.16. The summed E-state index contributed by atoms with van der Waals surface area (Å²) in [5.74, 6) is 1.18. The molecule has 0 atom stereocenters. The molecule has 0 amide bonds. The van der Waals surface area contributed by atoms with E-state index in [0.29, 0.717) is 17.0 Å². The third-order valence-corrected chi connectivity index (χ3v) is 3.69. The van der Waals surface area contributed by atoms with Gasteiger partial charge in [-0.05, 0) is 30.3 Å². The number of aromatic hydroxyl groups is 2. The number of benzene rings is 2. The molecule has 126 valence electrons. The van der Waals surface area contributed by atoms with Crippen LogP contribution in [0.5, 0.6) is 11.5 Å². The second-order valence-corrected chi connectivity index (χ2v) is 5.41. The molecule has 0 saturated heterocycles. The normalized spacial score (nSPS) is 10.6. The Labute approximate surface area is 148 Å². The van der Waals surface area contributed by atoms with Crippen LogP contribution in [0.25, 0.3) is 34.4 Å². The lowest BCUT2D eigenvalue weighted by molar-refractivity contribution is 0.477. The van der Waals surface area contributed by atoms with Gasteiger partial charge in [0.15, 0.2) is 17.5 Å². The first-order valence-corrected chi connectivity index (χ1v) is 7.82. The van der Waals surface area contributed by atoms with Gasteiger partial charge in [-0.15, -0.1) is 0 Å². The van der Waals surface area contributed by atoms with Gasteiger partial charge in [-0.25, -0.2) is 24.9 Å². The lowest BCUT2D eigenvalue weighted by atomic mass is 10.1. The number of phenols is 2. The molecule has 0 aliphatic rings. The summed E-state index contributed by atoms with van der Waals surface area (Å²) in [5, 5.41) is 20.3. The lowest BCUT2D eigenvalue weighted by Gasteiger charge is -2.09. The highest BCUT2D eigenvalue weighted by atomic mass is 16.3. The molecule has 0 spiro atoms. The molecule has 7 heteroatoms. The van der Waals surface area contributed by atoms with Crippen LogP contribution < -0.4 is 0 Å². The molecule has 0 unspecified atom stereocenters. The highest BCUT2D eigenvalue weighted by molar-refractivity contribution is 5.70. The van der Waals surface area contributed by atoms with E-state index >= 15 is 0 Å². The van der Waals surface area contributed by atoms with Crippen molar-refractivity contribution in [2.75, 3.05) is 0 Å². The van der Waals surface area contributed by atoms with Crippen LogP contribution in [0.1, 0.15) is 0 Å². The molecule has 26 heavy (non-hydrogen) atoms. The molecule has 4 rings (SSSR count). The van der Waals surface area contributed by atoms with E-state index < -0.39 is 0 Å². The Bertz CT molecular complexity index is 1010. The SMILES string of the molecule is Oc1ccccc1-c1nc(-c2ncccn2)nc(-c2ccccc2O)n1. The van der Waals surface area contributed by atoms with Gasteiger partial charge < -0.3 is 10.2 Å². The fraction of sp³-hybridized carbons (Fsp3) is 0. The smallest absolute Gasteiger partial charge is 0.201 e. The Morgan fingerprint density at radius 2 is 0.962 bits per heavy atom. The van der Waals surface area contributed by atoms with Crippen molar-refractivity contribution >= 4 is 0 Å². The highest BCUT2D eigenvalue weighted by Crippen LogP contribution is 2.31. The molecular formula is C19H13N5O2. The average Bonchev–Trinajstić information content (AvgIpc) is 2.69. The first kappa shape index (κ1) is 15.6. The molecule has 0 saturated carbocycles. The van der Waals surface area contributed by atoms with Crippen LogP contribution in [-0.4, -0.2) is 35.1 Å². The number of hydrogen-bond donors (Lipinski definition) is 2. The molecule has 4 aromatic rings. The maximum atomic E-state index is 10.2. The average molecular weight is 343 g/mol. The Hall–Kier alpha value is -3.87. The number of phenolic OH excluding ortho intramolecular Hbond substituents is 2. The first-order chi connectivity index (χ1) is 12.7. The van der Waals surface area contributed by atoms with Crippen molar-refractivity contribution in [1.29, 1.82) is 0 Å². The van der Waals surface area contributed by atoms with Gasteiger partial charge in [-0.1, -0.05) is 24.3 Å². The molecular weight excluding hydrogens is 330 g/mol. The Balaban J connectivity index is 1.97. The number of para-hydroxylation sites is 2. The van der Waals surface area contributed by atoms with Crippen molar-refractivity contribution in [3.8, 4) is 45.9 Å². The van der Waals surface area contributed by atoms with Gasteiger partial charge in [-0.2, -0.15) is 0 Å². The van der Waals surface area contributed by atoms with E-state index in [1.807, 2.05) is 0 Å². The van der Waals surface area contributed by atoms with E-state index in [4.69, 9.17) is 0 Å². The van der Waals surface area contributed by atoms with Gasteiger partial charge in [0.2, 0.25) is 5.82 Å². The topological polar surface area (TPSA) is 105 Å². The van der Waals surface area contributed by atoms with Gasteiger partial charge in [0.05, 0.1) is 11.1 Å². The van der Waals surface area contributed by atoms with E-state index in [0.717, 1.165) is 0 Å². The summed E-state index contributed by atoms with van der Waals surface area (Å²) < 4.78 is 0. The zero-order valence-corrected chi connectivity index (χ0v) is 13.5. The first-order valence-electron chi connectivity index (χ1n) is 7.82. The van der Waals surface area contributed by atoms with Crippen LogP contribution in [0.4, 0.5) is 0 Å². The summed E-state index contributed by atoms with van der Waals surface area (Å²) in [5.41, 5.74) is 0.896. The Kier molecular flexibility index (Phi) is 3.95. The zero-order valence-electron chi connectivity index (χ0n) is 13.5. The number of aromatic nitrogens is 5. The summed E-state index contributed by atoms with van der Waals surface area (Å²) >= 11 is 0. The van der Waals surface area contributed by atoms with Gasteiger partial charge in [0.25, 0.3) is 0 Å². The molecule has 7 nitrogen and oxygen atoms in total. The van der Waals surface area contributed by atoms with Gasteiger partial charge in [0.1, 0.15) is 11.5 Å². The Morgan fingerprint density at radius 3 is 1.46 bits per heavy atom. The van der Waals surface area contributed by atoms with E-state index in [2.05, 4.69) is 24.9 Å². The van der Waals surface area contributed by atoms with Crippen LogP contribution >= 0.6 is 0 Å². The number of nitrogens with zero attached hydrogens (tertiary/aromatic N) is 5. The molecule has 0 aliphatic heterocycles. The molecule has 2 heterocycles. The minimum absolute atomic E-state index is 0.0434. The summed E-state index contributed by atoms with van der Waals surface area (Å²) in [4.78, 5) is 21.6. The minimum atomic E-state index is 0.0434. The minimum Gasteiger partial charge on any atom is -0.507 e. The third kappa shape index (κ3) is 2.93. The zero-order chi connectivity index (χ0) is 17.9. The standard InChI is InChI=1S/C19H13N5O2/c25-14-8-3-1-6-12(14)16-22-17(13-7-2-4-9-15(13)26)24-19(23-16)18-20-10-5-11-21-18/h1-11,25-26H. The van der Waals surface area contributed by atoms with Crippen molar-refractivity contribution < 1.29 is 10.2 Å².